The predicted molar refractivity (Wildman–Crippen MR) is 64.2 cm³/mol. The Hall–Kier alpha value is -1.84. The Morgan fingerprint density at radius 2 is 1.35 bits per heavy atom. The number of nitrogens with one attached hydrogen (secondary N) is 2. The molecule has 89 valence electrons. The first-order chi connectivity index (χ1) is 8.86. The minimum Gasteiger partial charge on any atom is -0.307 e. The van der Waals surface area contributed by atoms with Crippen molar-refractivity contribution in [3.8, 4) is 0 Å². The molecule has 0 saturated heterocycles. The van der Waals surface area contributed by atoms with Gasteiger partial charge in [-0.3, -0.25) is 9.97 Å². The molecule has 2 N–H and O–H groups in total. The van der Waals surface area contributed by atoms with E-state index in [1.807, 2.05) is 24.3 Å². The van der Waals surface area contributed by atoms with Gasteiger partial charge in [-0.05, 0) is 24.3 Å². The predicted octanol–water partition coefficient (Wildman–Crippen LogP) is 2.16. The zero-order valence-corrected chi connectivity index (χ0v) is 9.81. The fraction of sp³-hybridized carbons (Fsp3) is 0. The van der Waals surface area contributed by atoms with Crippen LogP contribution in [-0.4, -0.2) is 22.4 Å². The second-order valence-electron chi connectivity index (χ2n) is 2.77. The number of rotatable bonds is 2. The van der Waals surface area contributed by atoms with Crippen molar-refractivity contribution in [1.82, 2.24) is 9.97 Å². The van der Waals surface area contributed by atoms with Crippen molar-refractivity contribution in [2.75, 3.05) is 0 Å². The summed E-state index contributed by atoms with van der Waals surface area (Å²) in [5.74, 6) is 0. The summed E-state index contributed by atoms with van der Waals surface area (Å²) in [7, 11) is 0. The first-order valence-electron chi connectivity index (χ1n) is 5.53. The fourth-order valence-corrected chi connectivity index (χ4v) is 0.905. The second-order valence-corrected chi connectivity index (χ2v) is 2.77. The molecule has 17 heavy (non-hydrogen) atoms. The number of hydrogen-bond acceptors (Lipinski definition) is 4. The smallest absolute Gasteiger partial charge is 0.307 e. The largest absolute Gasteiger partial charge is 2.00 e. The van der Waals surface area contributed by atoms with Crippen LogP contribution in [0.5, 0.6) is 0 Å². The van der Waals surface area contributed by atoms with Gasteiger partial charge in [0.05, 0.1) is 11.4 Å². The van der Waals surface area contributed by atoms with Crippen LogP contribution < -0.4 is 0 Å². The third-order valence-electron chi connectivity index (χ3n) is 1.64. The van der Waals surface area contributed by atoms with Gasteiger partial charge in [-0.15, -0.1) is 0 Å². The quantitative estimate of drug-likeness (QED) is 0.653. The van der Waals surface area contributed by atoms with Gasteiger partial charge in [0.2, 0.25) is 0 Å². The minimum atomic E-state index is 0. The van der Waals surface area contributed by atoms with Crippen molar-refractivity contribution in [2.45, 2.75) is 0 Å². The van der Waals surface area contributed by atoms with E-state index in [-0.39, 0.29) is 17.1 Å². The van der Waals surface area contributed by atoms with Crippen LogP contribution in [0.4, 0.5) is 0 Å². The third-order valence-corrected chi connectivity index (χ3v) is 1.64. The number of nitrogens with zero attached hydrogens (tertiary/aromatic N) is 2. The molecule has 0 saturated carbocycles. The topological polar surface area (TPSA) is 73.5 Å². The summed E-state index contributed by atoms with van der Waals surface area (Å²) in [5.41, 5.74) is 1.43. The van der Waals surface area contributed by atoms with Crippen LogP contribution in [0.15, 0.2) is 48.8 Å². The van der Waals surface area contributed by atoms with Crippen molar-refractivity contribution < 1.29 is 19.9 Å². The van der Waals surface area contributed by atoms with Gasteiger partial charge in [-0.2, -0.15) is 0 Å². The van der Waals surface area contributed by atoms with E-state index in [0.717, 1.165) is 0 Å². The zero-order valence-electron chi connectivity index (χ0n) is 10.9. The first kappa shape index (κ1) is 11.6. The van der Waals surface area contributed by atoms with E-state index >= 15 is 0 Å². The summed E-state index contributed by atoms with van der Waals surface area (Å²) in [5, 5.41) is 6.14. The minimum absolute atomic E-state index is 0. The molecular formula is C12H12CuN4+2. The molecule has 2 aromatic rings. The van der Waals surface area contributed by atoms with Gasteiger partial charge in [0.15, 0.2) is 2.82 Å². The van der Waals surface area contributed by atoms with E-state index < -0.39 is 0 Å². The number of pyridine rings is 2. The average Bonchev–Trinajstić information content (AvgIpc) is 2.43. The molecule has 0 spiro atoms. The molecule has 0 atom stereocenters. The molecule has 4 nitrogen and oxygen atoms in total. The van der Waals surface area contributed by atoms with Crippen LogP contribution in [0.1, 0.15) is 11.4 Å². The van der Waals surface area contributed by atoms with E-state index in [9.17, 15) is 0 Å². The van der Waals surface area contributed by atoms with Gasteiger partial charge in [-0.25, -0.2) is 0 Å². The maximum atomic E-state index is 6.47. The summed E-state index contributed by atoms with van der Waals surface area (Å²) in [6.45, 7) is 0. The maximum Gasteiger partial charge on any atom is 2.00 e. The molecule has 0 unspecified atom stereocenters. The average molecular weight is 280 g/mol. The van der Waals surface area contributed by atoms with E-state index in [4.69, 9.17) is 2.82 Å². The summed E-state index contributed by atoms with van der Waals surface area (Å²) in [4.78, 5) is 7.80. The van der Waals surface area contributed by atoms with Crippen LogP contribution in [0.25, 0.3) is 0 Å². The van der Waals surface area contributed by atoms with E-state index in [1.165, 1.54) is 12.4 Å². The SMILES string of the molecule is [3H]N=Cc1ccccn1.[3H]N=Cc1ccccn1.[Cu+2]. The van der Waals surface area contributed by atoms with Crippen molar-refractivity contribution in [2.24, 2.45) is 0 Å². The van der Waals surface area contributed by atoms with Crippen LogP contribution >= 0.6 is 0 Å². The normalized spacial score (nSPS) is 11.1. The molecule has 0 aliphatic heterocycles. The Morgan fingerprint density at radius 3 is 1.65 bits per heavy atom. The molecule has 2 heterocycles. The van der Waals surface area contributed by atoms with Crippen molar-refractivity contribution >= 4 is 12.4 Å². The fourth-order valence-electron chi connectivity index (χ4n) is 0.905. The molecule has 2 rings (SSSR count). The van der Waals surface area contributed by atoms with Crippen molar-refractivity contribution in [1.29, 1.82) is 10.8 Å². The van der Waals surface area contributed by atoms with Gasteiger partial charge >= 0.3 is 17.1 Å². The Labute approximate surface area is 114 Å². The Balaban J connectivity index is 0.000000324. The molecular weight excluding hydrogens is 264 g/mol. The Kier molecular flexibility index (Phi) is 6.43. The Morgan fingerprint density at radius 1 is 0.882 bits per heavy atom. The maximum absolute atomic E-state index is 6.47. The number of aromatic nitrogens is 2. The van der Waals surface area contributed by atoms with Crippen molar-refractivity contribution in [3.05, 3.63) is 60.2 Å². The molecule has 0 amide bonds. The molecule has 0 aliphatic rings. The standard InChI is InChI=1S/2C6H6N2.Cu/c2*7-5-6-3-1-2-4-8-6;/h2*1-5,7H;/q;;+2/i/hT2. The molecule has 1 radical (unpaired) electrons. The van der Waals surface area contributed by atoms with Crippen LogP contribution in [0.2, 0.25) is 2.82 Å². The van der Waals surface area contributed by atoms with Gasteiger partial charge in [0.25, 0.3) is 0 Å². The second kappa shape index (κ2) is 9.39. The van der Waals surface area contributed by atoms with Gasteiger partial charge in [0.1, 0.15) is 0 Å². The molecule has 5 heteroatoms. The van der Waals surface area contributed by atoms with Gasteiger partial charge < -0.3 is 10.8 Å². The molecule has 0 bridgehead atoms. The van der Waals surface area contributed by atoms with Crippen LogP contribution in [0.3, 0.4) is 0 Å². The monoisotopic (exact) mass is 279 g/mol. The molecule has 0 aromatic carbocycles. The summed E-state index contributed by atoms with van der Waals surface area (Å²) in [6, 6.07) is 10.9. The molecule has 0 fully saturated rings. The van der Waals surface area contributed by atoms with E-state index in [0.29, 0.717) is 11.4 Å². The number of hydrogen-bond donors (Lipinski definition) is 2. The van der Waals surface area contributed by atoms with Gasteiger partial charge in [-0.1, -0.05) is 12.1 Å². The van der Waals surface area contributed by atoms with E-state index in [2.05, 4.69) is 20.8 Å². The van der Waals surface area contributed by atoms with Gasteiger partial charge in [0, 0.05) is 24.8 Å². The van der Waals surface area contributed by atoms with Crippen LogP contribution in [0, 0.1) is 10.8 Å². The zero-order chi connectivity index (χ0) is 13.1. The van der Waals surface area contributed by atoms with E-state index in [1.54, 1.807) is 24.5 Å². The molecule has 2 aromatic heterocycles. The van der Waals surface area contributed by atoms with Crippen molar-refractivity contribution in [3.63, 3.8) is 0 Å². The first-order valence-corrected chi connectivity index (χ1v) is 4.63. The van der Waals surface area contributed by atoms with Crippen LogP contribution in [-0.2, 0) is 17.1 Å². The molecule has 0 aliphatic carbocycles. The summed E-state index contributed by atoms with van der Waals surface area (Å²) >= 11 is 0. The Bertz CT molecular complexity index is 444. The third kappa shape index (κ3) is 6.35. The summed E-state index contributed by atoms with van der Waals surface area (Å²) < 4.78 is 12.9. The summed E-state index contributed by atoms with van der Waals surface area (Å²) in [6.07, 6.45) is 6.11.